The topological polar surface area (TPSA) is 12.0 Å². The van der Waals surface area contributed by atoms with Crippen molar-refractivity contribution in [3.05, 3.63) is 56.4 Å². The molecule has 1 unspecified atom stereocenters. The highest BCUT2D eigenvalue weighted by atomic mass is 79.9. The maximum absolute atomic E-state index is 13.3. The smallest absolute Gasteiger partial charge is 0.137 e. The van der Waals surface area contributed by atoms with E-state index >= 15 is 0 Å². The van der Waals surface area contributed by atoms with E-state index in [2.05, 4.69) is 45.0 Å². The van der Waals surface area contributed by atoms with Gasteiger partial charge in [0.1, 0.15) is 5.82 Å². The fourth-order valence-corrected chi connectivity index (χ4v) is 3.14. The van der Waals surface area contributed by atoms with Gasteiger partial charge in [-0.3, -0.25) is 0 Å². The summed E-state index contributed by atoms with van der Waals surface area (Å²) < 4.78 is 13.8. The van der Waals surface area contributed by atoms with Crippen molar-refractivity contribution in [2.75, 3.05) is 6.54 Å². The summed E-state index contributed by atoms with van der Waals surface area (Å²) in [4.78, 5) is 0. The number of halogens is 2. The molecule has 2 rings (SSSR count). The minimum absolute atomic E-state index is 0.211. The van der Waals surface area contributed by atoms with Crippen molar-refractivity contribution in [3.8, 4) is 0 Å². The Bertz CT molecular complexity index is 513. The highest BCUT2D eigenvalue weighted by molar-refractivity contribution is 9.10. The van der Waals surface area contributed by atoms with Crippen LogP contribution in [0, 0.1) is 5.82 Å². The van der Waals surface area contributed by atoms with Gasteiger partial charge in [-0.05, 0) is 75.4 Å². The number of hydrogen-bond acceptors (Lipinski definition) is 2. The Balaban J connectivity index is 2.13. The summed E-state index contributed by atoms with van der Waals surface area (Å²) in [5, 5.41) is 7.82. The van der Waals surface area contributed by atoms with E-state index < -0.39 is 0 Å². The summed E-state index contributed by atoms with van der Waals surface area (Å²) in [6, 6.07) is 7.68. The Kier molecular flexibility index (Phi) is 5.55. The first-order valence-corrected chi connectivity index (χ1v) is 8.13. The molecule has 1 atom stereocenters. The fraction of sp³-hybridized carbons (Fsp3) is 0.333. The number of rotatable bonds is 6. The van der Waals surface area contributed by atoms with E-state index in [0.29, 0.717) is 10.5 Å². The first-order chi connectivity index (χ1) is 9.20. The number of thiophene rings is 1. The van der Waals surface area contributed by atoms with Crippen LogP contribution < -0.4 is 5.32 Å². The minimum atomic E-state index is -0.211. The fourth-order valence-electron chi connectivity index (χ4n) is 2.00. The van der Waals surface area contributed by atoms with Gasteiger partial charge in [-0.25, -0.2) is 4.39 Å². The van der Waals surface area contributed by atoms with Gasteiger partial charge in [0.05, 0.1) is 4.47 Å². The second kappa shape index (κ2) is 7.17. The van der Waals surface area contributed by atoms with Gasteiger partial charge in [0, 0.05) is 6.04 Å². The van der Waals surface area contributed by atoms with Crippen LogP contribution in [-0.4, -0.2) is 6.54 Å². The van der Waals surface area contributed by atoms with Gasteiger partial charge in [-0.1, -0.05) is 13.0 Å². The van der Waals surface area contributed by atoms with Crippen LogP contribution in [0.25, 0.3) is 0 Å². The molecule has 1 nitrogen and oxygen atoms in total. The van der Waals surface area contributed by atoms with E-state index in [9.17, 15) is 4.39 Å². The number of benzene rings is 1. The van der Waals surface area contributed by atoms with E-state index in [0.717, 1.165) is 24.9 Å². The van der Waals surface area contributed by atoms with E-state index in [1.54, 1.807) is 11.3 Å². The van der Waals surface area contributed by atoms with Crippen LogP contribution in [-0.2, 0) is 6.42 Å². The van der Waals surface area contributed by atoms with Gasteiger partial charge in [0.25, 0.3) is 0 Å². The third-order valence-electron chi connectivity index (χ3n) is 3.01. The summed E-state index contributed by atoms with van der Waals surface area (Å²) in [5.74, 6) is -0.211. The van der Waals surface area contributed by atoms with Crippen LogP contribution in [0.1, 0.15) is 30.5 Å². The number of nitrogens with one attached hydrogen (secondary N) is 1. The molecule has 1 aromatic carbocycles. The Morgan fingerprint density at radius 3 is 2.84 bits per heavy atom. The molecule has 0 spiro atoms. The normalized spacial score (nSPS) is 12.6. The van der Waals surface area contributed by atoms with Gasteiger partial charge >= 0.3 is 0 Å². The molecule has 0 saturated heterocycles. The van der Waals surface area contributed by atoms with Crippen molar-refractivity contribution in [1.82, 2.24) is 5.32 Å². The molecule has 0 saturated carbocycles. The predicted octanol–water partition coefficient (Wildman–Crippen LogP) is 4.93. The van der Waals surface area contributed by atoms with Gasteiger partial charge in [-0.15, -0.1) is 0 Å². The van der Waals surface area contributed by atoms with Gasteiger partial charge in [-0.2, -0.15) is 11.3 Å². The lowest BCUT2D eigenvalue weighted by Crippen LogP contribution is -2.23. The lowest BCUT2D eigenvalue weighted by Gasteiger charge is -2.18. The molecule has 4 heteroatoms. The SMILES string of the molecule is CCCNC(Cc1ccc(F)c(Br)c1)c1ccsc1. The molecular formula is C15H17BrFNS. The van der Waals surface area contributed by atoms with Gasteiger partial charge in [0.15, 0.2) is 0 Å². The van der Waals surface area contributed by atoms with Crippen LogP contribution in [0.3, 0.4) is 0 Å². The zero-order chi connectivity index (χ0) is 13.7. The quantitative estimate of drug-likeness (QED) is 0.785. The Labute approximate surface area is 126 Å². The maximum Gasteiger partial charge on any atom is 0.137 e. The molecule has 0 amide bonds. The van der Waals surface area contributed by atoms with Crippen LogP contribution in [0.15, 0.2) is 39.5 Å². The lowest BCUT2D eigenvalue weighted by atomic mass is 10.0. The van der Waals surface area contributed by atoms with Crippen LogP contribution in [0.5, 0.6) is 0 Å². The maximum atomic E-state index is 13.3. The lowest BCUT2D eigenvalue weighted by molar-refractivity contribution is 0.529. The van der Waals surface area contributed by atoms with Crippen molar-refractivity contribution >= 4 is 27.3 Å². The largest absolute Gasteiger partial charge is 0.310 e. The zero-order valence-electron chi connectivity index (χ0n) is 10.8. The molecule has 2 aromatic rings. The molecule has 1 heterocycles. The molecule has 0 fully saturated rings. The van der Waals surface area contributed by atoms with Crippen molar-refractivity contribution in [2.24, 2.45) is 0 Å². The Morgan fingerprint density at radius 1 is 1.37 bits per heavy atom. The molecule has 1 aromatic heterocycles. The van der Waals surface area contributed by atoms with Crippen molar-refractivity contribution in [2.45, 2.75) is 25.8 Å². The van der Waals surface area contributed by atoms with E-state index in [1.807, 2.05) is 12.1 Å². The third-order valence-corrected chi connectivity index (χ3v) is 4.32. The first kappa shape index (κ1) is 14.7. The van der Waals surface area contributed by atoms with Crippen molar-refractivity contribution < 1.29 is 4.39 Å². The van der Waals surface area contributed by atoms with Crippen LogP contribution in [0.4, 0.5) is 4.39 Å². The molecule has 0 aliphatic heterocycles. The van der Waals surface area contributed by atoms with E-state index in [4.69, 9.17) is 0 Å². The third kappa shape index (κ3) is 4.13. The molecule has 0 radical (unpaired) electrons. The Hall–Kier alpha value is -0.710. The summed E-state index contributed by atoms with van der Waals surface area (Å²) in [6.45, 7) is 3.15. The number of hydrogen-bond donors (Lipinski definition) is 1. The monoisotopic (exact) mass is 341 g/mol. The van der Waals surface area contributed by atoms with E-state index in [-0.39, 0.29) is 5.82 Å². The van der Waals surface area contributed by atoms with Crippen molar-refractivity contribution in [1.29, 1.82) is 0 Å². The summed E-state index contributed by atoms with van der Waals surface area (Å²) in [7, 11) is 0. The molecule has 0 aliphatic rings. The van der Waals surface area contributed by atoms with Crippen LogP contribution >= 0.6 is 27.3 Å². The molecule has 102 valence electrons. The molecule has 1 N–H and O–H groups in total. The summed E-state index contributed by atoms with van der Waals surface area (Å²) >= 11 is 4.95. The minimum Gasteiger partial charge on any atom is -0.310 e. The average Bonchev–Trinajstić information content (AvgIpc) is 2.92. The van der Waals surface area contributed by atoms with Crippen LogP contribution in [0.2, 0.25) is 0 Å². The van der Waals surface area contributed by atoms with Gasteiger partial charge < -0.3 is 5.32 Å². The molecular weight excluding hydrogens is 325 g/mol. The zero-order valence-corrected chi connectivity index (χ0v) is 13.2. The average molecular weight is 342 g/mol. The van der Waals surface area contributed by atoms with Crippen molar-refractivity contribution in [3.63, 3.8) is 0 Å². The highest BCUT2D eigenvalue weighted by Crippen LogP contribution is 2.24. The molecule has 0 bridgehead atoms. The second-order valence-electron chi connectivity index (χ2n) is 4.52. The summed E-state index contributed by atoms with van der Waals surface area (Å²) in [6.07, 6.45) is 1.98. The highest BCUT2D eigenvalue weighted by Gasteiger charge is 2.12. The second-order valence-corrected chi connectivity index (χ2v) is 6.15. The van der Waals surface area contributed by atoms with Gasteiger partial charge in [0.2, 0.25) is 0 Å². The first-order valence-electron chi connectivity index (χ1n) is 6.40. The standard InChI is InChI=1S/C15H17BrFNS/c1-2-6-18-15(12-5-7-19-10-12)9-11-3-4-14(17)13(16)8-11/h3-5,7-8,10,15,18H,2,6,9H2,1H3. The Morgan fingerprint density at radius 2 is 2.21 bits per heavy atom. The van der Waals surface area contributed by atoms with E-state index in [1.165, 1.54) is 11.6 Å². The summed E-state index contributed by atoms with van der Waals surface area (Å²) in [5.41, 5.74) is 2.44. The molecule has 19 heavy (non-hydrogen) atoms. The predicted molar refractivity (Wildman–Crippen MR) is 83.2 cm³/mol. The molecule has 0 aliphatic carbocycles.